The number of carbonyl (C=O) groups is 1. The number of likely N-dealkylation sites (tertiary alicyclic amines) is 2. The van der Waals surface area contributed by atoms with Crippen LogP contribution in [0.5, 0.6) is 0 Å². The van der Waals surface area contributed by atoms with E-state index in [9.17, 15) is 4.79 Å². The molecule has 7 nitrogen and oxygen atoms in total. The van der Waals surface area contributed by atoms with Gasteiger partial charge in [0.1, 0.15) is 11.5 Å². The van der Waals surface area contributed by atoms with Crippen LogP contribution >= 0.6 is 0 Å². The molecule has 7 heteroatoms. The number of carbonyl (C=O) groups excluding carboxylic acids is 1. The van der Waals surface area contributed by atoms with Crippen LogP contribution in [0.3, 0.4) is 0 Å². The number of anilines is 2. The first-order chi connectivity index (χ1) is 13.2. The number of aryl methyl sites for hydroxylation is 1. The molecule has 1 amide bonds. The van der Waals surface area contributed by atoms with Crippen molar-refractivity contribution in [1.29, 1.82) is 0 Å². The molecule has 2 fully saturated rings. The Kier molecular flexibility index (Phi) is 5.29. The molecule has 1 unspecified atom stereocenters. The molecule has 142 valence electrons. The molecule has 4 rings (SSSR count). The third-order valence-electron chi connectivity index (χ3n) is 5.31. The molecule has 27 heavy (non-hydrogen) atoms. The average Bonchev–Trinajstić information content (AvgIpc) is 3.34. The van der Waals surface area contributed by atoms with E-state index in [-0.39, 0.29) is 11.9 Å². The summed E-state index contributed by atoms with van der Waals surface area (Å²) >= 11 is 0. The summed E-state index contributed by atoms with van der Waals surface area (Å²) in [4.78, 5) is 30.7. The molecule has 2 aromatic rings. The van der Waals surface area contributed by atoms with Gasteiger partial charge < -0.3 is 10.2 Å². The fraction of sp³-hybridized carbons (Fsp3) is 0.500. The van der Waals surface area contributed by atoms with Crippen molar-refractivity contribution in [1.82, 2.24) is 24.8 Å². The summed E-state index contributed by atoms with van der Waals surface area (Å²) in [6.45, 7) is 5.32. The number of aromatic nitrogens is 3. The minimum Gasteiger partial charge on any atom is -0.333 e. The molecule has 2 aliphatic rings. The Labute approximate surface area is 159 Å². The van der Waals surface area contributed by atoms with E-state index in [2.05, 4.69) is 25.2 Å². The van der Waals surface area contributed by atoms with E-state index in [1.165, 1.54) is 12.8 Å². The van der Waals surface area contributed by atoms with Crippen molar-refractivity contribution in [2.24, 2.45) is 0 Å². The van der Waals surface area contributed by atoms with Gasteiger partial charge in [-0.3, -0.25) is 14.7 Å². The van der Waals surface area contributed by atoms with Gasteiger partial charge in [-0.15, -0.1) is 0 Å². The highest BCUT2D eigenvalue weighted by atomic mass is 16.2. The Hall–Kier alpha value is -2.54. The standard InChI is InChI=1S/C20H26N6O/c1-15-6-4-8-17(23-15)24-20-19(21-9-10-22-20)16-7-5-13-26(16)18(27)14-25-11-2-3-12-25/h4,6,8-10,16H,2-3,5,7,11-14H2,1H3,(H,22,23,24). The van der Waals surface area contributed by atoms with Crippen LogP contribution in [0, 0.1) is 6.92 Å². The van der Waals surface area contributed by atoms with Crippen LogP contribution in [0.2, 0.25) is 0 Å². The average molecular weight is 366 g/mol. The number of amides is 1. The zero-order valence-electron chi connectivity index (χ0n) is 15.8. The van der Waals surface area contributed by atoms with Gasteiger partial charge in [-0.05, 0) is 57.8 Å². The number of pyridine rings is 1. The number of hydrogen-bond donors (Lipinski definition) is 1. The fourth-order valence-corrected chi connectivity index (χ4v) is 4.00. The lowest BCUT2D eigenvalue weighted by atomic mass is 10.1. The molecule has 0 spiro atoms. The molecule has 2 aliphatic heterocycles. The summed E-state index contributed by atoms with van der Waals surface area (Å²) in [6.07, 6.45) is 7.67. The summed E-state index contributed by atoms with van der Waals surface area (Å²) in [5.41, 5.74) is 1.77. The lowest BCUT2D eigenvalue weighted by Crippen LogP contribution is -2.39. The molecule has 0 aliphatic carbocycles. The van der Waals surface area contributed by atoms with Gasteiger partial charge in [0.25, 0.3) is 0 Å². The second-order valence-electron chi connectivity index (χ2n) is 7.31. The highest BCUT2D eigenvalue weighted by Gasteiger charge is 2.33. The molecule has 1 N–H and O–H groups in total. The third-order valence-corrected chi connectivity index (χ3v) is 5.31. The van der Waals surface area contributed by atoms with Crippen molar-refractivity contribution in [3.05, 3.63) is 42.0 Å². The summed E-state index contributed by atoms with van der Waals surface area (Å²) in [5.74, 6) is 1.62. The largest absolute Gasteiger partial charge is 0.333 e. The van der Waals surface area contributed by atoms with E-state index in [4.69, 9.17) is 0 Å². The molecule has 1 atom stereocenters. The molecule has 0 aromatic carbocycles. The van der Waals surface area contributed by atoms with Crippen molar-refractivity contribution in [3.63, 3.8) is 0 Å². The van der Waals surface area contributed by atoms with Gasteiger partial charge in [-0.25, -0.2) is 9.97 Å². The molecular weight excluding hydrogens is 340 g/mol. The minimum atomic E-state index is -0.0267. The van der Waals surface area contributed by atoms with Crippen LogP contribution in [0.4, 0.5) is 11.6 Å². The summed E-state index contributed by atoms with van der Waals surface area (Å²) in [6, 6.07) is 5.80. The number of rotatable bonds is 5. The lowest BCUT2D eigenvalue weighted by molar-refractivity contribution is -0.133. The molecule has 0 bridgehead atoms. The quantitative estimate of drug-likeness (QED) is 0.877. The van der Waals surface area contributed by atoms with Crippen LogP contribution in [0.1, 0.15) is 43.1 Å². The van der Waals surface area contributed by atoms with Crippen molar-refractivity contribution < 1.29 is 4.79 Å². The molecule has 0 saturated carbocycles. The van der Waals surface area contributed by atoms with E-state index < -0.39 is 0 Å². The van der Waals surface area contributed by atoms with Crippen LogP contribution in [-0.4, -0.2) is 56.8 Å². The van der Waals surface area contributed by atoms with Crippen molar-refractivity contribution in [2.75, 3.05) is 31.5 Å². The second kappa shape index (κ2) is 8.00. The van der Waals surface area contributed by atoms with E-state index in [1.807, 2.05) is 30.0 Å². The van der Waals surface area contributed by atoms with Gasteiger partial charge in [0.05, 0.1) is 12.6 Å². The first kappa shape index (κ1) is 17.9. The maximum absolute atomic E-state index is 12.9. The predicted molar refractivity (Wildman–Crippen MR) is 104 cm³/mol. The summed E-state index contributed by atoms with van der Waals surface area (Å²) in [7, 11) is 0. The van der Waals surface area contributed by atoms with Gasteiger partial charge >= 0.3 is 0 Å². The van der Waals surface area contributed by atoms with Gasteiger partial charge in [0, 0.05) is 24.6 Å². The van der Waals surface area contributed by atoms with E-state index in [0.29, 0.717) is 12.4 Å². The van der Waals surface area contributed by atoms with Gasteiger partial charge in [0.2, 0.25) is 5.91 Å². The van der Waals surface area contributed by atoms with Gasteiger partial charge in [-0.1, -0.05) is 6.07 Å². The van der Waals surface area contributed by atoms with Gasteiger partial charge in [-0.2, -0.15) is 0 Å². The fourth-order valence-electron chi connectivity index (χ4n) is 4.00. The maximum Gasteiger partial charge on any atom is 0.237 e. The molecule has 2 saturated heterocycles. The Morgan fingerprint density at radius 1 is 1.15 bits per heavy atom. The lowest BCUT2D eigenvalue weighted by Gasteiger charge is -2.27. The normalized spacial score (nSPS) is 20.2. The highest BCUT2D eigenvalue weighted by molar-refractivity contribution is 5.79. The summed E-state index contributed by atoms with van der Waals surface area (Å²) in [5, 5.41) is 3.29. The van der Waals surface area contributed by atoms with Crippen molar-refractivity contribution in [2.45, 2.75) is 38.6 Å². The SMILES string of the molecule is Cc1cccc(Nc2nccnc2C2CCCN2C(=O)CN2CCCC2)n1. The molecule has 4 heterocycles. The van der Waals surface area contributed by atoms with Crippen LogP contribution in [0.15, 0.2) is 30.6 Å². The predicted octanol–water partition coefficient (Wildman–Crippen LogP) is 2.68. The smallest absolute Gasteiger partial charge is 0.237 e. The highest BCUT2D eigenvalue weighted by Crippen LogP contribution is 2.34. The zero-order chi connectivity index (χ0) is 18.6. The Balaban J connectivity index is 1.54. The Bertz CT molecular complexity index is 805. The zero-order valence-corrected chi connectivity index (χ0v) is 15.8. The van der Waals surface area contributed by atoms with E-state index >= 15 is 0 Å². The van der Waals surface area contributed by atoms with Crippen molar-refractivity contribution >= 4 is 17.5 Å². The first-order valence-electron chi connectivity index (χ1n) is 9.74. The Morgan fingerprint density at radius 2 is 1.96 bits per heavy atom. The number of nitrogens with one attached hydrogen (secondary N) is 1. The van der Waals surface area contributed by atoms with Gasteiger partial charge in [0.15, 0.2) is 5.82 Å². The van der Waals surface area contributed by atoms with Crippen molar-refractivity contribution in [3.8, 4) is 0 Å². The number of hydrogen-bond acceptors (Lipinski definition) is 6. The minimum absolute atomic E-state index is 0.0267. The Morgan fingerprint density at radius 3 is 2.78 bits per heavy atom. The number of nitrogens with zero attached hydrogens (tertiary/aromatic N) is 5. The van der Waals surface area contributed by atoms with Crippen LogP contribution in [0.25, 0.3) is 0 Å². The third kappa shape index (κ3) is 4.08. The molecular formula is C20H26N6O. The van der Waals surface area contributed by atoms with Crippen LogP contribution < -0.4 is 5.32 Å². The first-order valence-corrected chi connectivity index (χ1v) is 9.74. The molecule has 2 aromatic heterocycles. The summed E-state index contributed by atoms with van der Waals surface area (Å²) < 4.78 is 0. The topological polar surface area (TPSA) is 74.2 Å². The van der Waals surface area contributed by atoms with E-state index in [0.717, 1.165) is 49.7 Å². The monoisotopic (exact) mass is 366 g/mol. The van der Waals surface area contributed by atoms with E-state index in [1.54, 1.807) is 12.4 Å². The second-order valence-corrected chi connectivity index (χ2v) is 7.31. The van der Waals surface area contributed by atoms with Crippen LogP contribution in [-0.2, 0) is 4.79 Å². The molecule has 0 radical (unpaired) electrons. The maximum atomic E-state index is 12.9.